The van der Waals surface area contributed by atoms with Gasteiger partial charge >= 0.3 is 0 Å². The van der Waals surface area contributed by atoms with Gasteiger partial charge in [-0.3, -0.25) is 0 Å². The lowest BCUT2D eigenvalue weighted by atomic mass is 10.4. The topological polar surface area (TPSA) is 63.8 Å². The first-order valence-corrected chi connectivity index (χ1v) is 5.83. The third kappa shape index (κ3) is 2.09. The average molecular weight is 210 g/mol. The average Bonchev–Trinajstić information content (AvgIpc) is 2.98. The van der Waals surface area contributed by atoms with Crippen LogP contribution in [-0.2, 0) is 0 Å². The first-order valence-electron chi connectivity index (χ1n) is 4.61. The molecule has 1 aromatic rings. The van der Waals surface area contributed by atoms with Gasteiger partial charge in [0.25, 0.3) is 0 Å². The minimum absolute atomic E-state index is 0.447. The summed E-state index contributed by atoms with van der Waals surface area (Å²) in [7, 11) is 0. The van der Waals surface area contributed by atoms with Gasteiger partial charge in [0.15, 0.2) is 0 Å². The molecule has 0 bridgehead atoms. The lowest BCUT2D eigenvalue weighted by Gasteiger charge is -2.12. The van der Waals surface area contributed by atoms with E-state index >= 15 is 0 Å². The summed E-state index contributed by atoms with van der Waals surface area (Å²) in [6, 6.07) is 0. The molecule has 1 saturated carbocycles. The molecule has 1 aliphatic rings. The normalized spacial score (nSPS) is 17.8. The molecule has 0 unspecified atom stereocenters. The maximum absolute atomic E-state index is 5.44. The van der Waals surface area contributed by atoms with Gasteiger partial charge in [-0.1, -0.05) is 0 Å². The Kier molecular flexibility index (Phi) is 2.50. The third-order valence-electron chi connectivity index (χ3n) is 2.50. The van der Waals surface area contributed by atoms with E-state index in [2.05, 4.69) is 21.5 Å². The molecule has 0 saturated heterocycles. The molecule has 0 radical (unpaired) electrons. The molecule has 4 nitrogen and oxygen atoms in total. The molecule has 76 valence electrons. The number of nitrogens with one attached hydrogen (secondary N) is 1. The Morgan fingerprint density at radius 2 is 2.29 bits per heavy atom. The fraction of sp³-hybridized carbons (Fsp3) is 0.556. The lowest BCUT2D eigenvalue weighted by molar-refractivity contribution is 0.937. The number of thioether (sulfide) groups is 1. The number of nitrogens with zero attached hydrogens (tertiary/aromatic N) is 2. The van der Waals surface area contributed by atoms with Gasteiger partial charge in [-0.25, -0.2) is 9.97 Å². The van der Waals surface area contributed by atoms with Crippen molar-refractivity contribution in [2.75, 3.05) is 23.9 Å². The molecule has 1 aliphatic carbocycles. The Balaban J connectivity index is 1.89. The number of nitrogen functional groups attached to an aromatic ring is 1. The molecule has 0 amide bonds. The van der Waals surface area contributed by atoms with Crippen molar-refractivity contribution in [2.24, 2.45) is 0 Å². The van der Waals surface area contributed by atoms with Gasteiger partial charge < -0.3 is 11.1 Å². The molecule has 0 aliphatic heterocycles. The van der Waals surface area contributed by atoms with E-state index < -0.39 is 0 Å². The third-order valence-corrected chi connectivity index (χ3v) is 3.92. The van der Waals surface area contributed by atoms with Crippen LogP contribution in [0.5, 0.6) is 0 Å². The molecule has 5 heteroatoms. The molecule has 3 N–H and O–H groups in total. The molecular weight excluding hydrogens is 196 g/mol. The quantitative estimate of drug-likeness (QED) is 0.785. The highest BCUT2D eigenvalue weighted by atomic mass is 32.2. The standard InChI is InChI=1S/C9H14N4S/c1-14-9(2-3-9)6-13-8-5-11-7(10)4-12-8/h4-5H,2-3,6H2,1H3,(H2,10,11)(H,12,13). The molecule has 14 heavy (non-hydrogen) atoms. The van der Waals surface area contributed by atoms with E-state index in [1.165, 1.54) is 12.8 Å². The fourth-order valence-electron chi connectivity index (χ4n) is 1.27. The summed E-state index contributed by atoms with van der Waals surface area (Å²) >= 11 is 1.93. The number of anilines is 2. The Morgan fingerprint density at radius 1 is 1.50 bits per heavy atom. The highest BCUT2D eigenvalue weighted by Crippen LogP contribution is 2.46. The molecule has 0 aromatic carbocycles. The van der Waals surface area contributed by atoms with Crippen LogP contribution in [0.3, 0.4) is 0 Å². The van der Waals surface area contributed by atoms with Gasteiger partial charge in [-0.05, 0) is 19.1 Å². The van der Waals surface area contributed by atoms with E-state index in [-0.39, 0.29) is 0 Å². The second kappa shape index (κ2) is 3.65. The number of hydrogen-bond donors (Lipinski definition) is 2. The van der Waals surface area contributed by atoms with Crippen LogP contribution in [0.2, 0.25) is 0 Å². The van der Waals surface area contributed by atoms with Crippen molar-refractivity contribution in [1.29, 1.82) is 0 Å². The van der Waals surface area contributed by atoms with E-state index in [9.17, 15) is 0 Å². The van der Waals surface area contributed by atoms with Crippen LogP contribution in [0.1, 0.15) is 12.8 Å². The Morgan fingerprint density at radius 3 is 2.79 bits per heavy atom. The predicted octanol–water partition coefficient (Wildman–Crippen LogP) is 1.37. The van der Waals surface area contributed by atoms with Gasteiger partial charge in [0.1, 0.15) is 11.6 Å². The number of nitrogens with two attached hydrogens (primary N) is 1. The minimum Gasteiger partial charge on any atom is -0.382 e. The fourth-order valence-corrected chi connectivity index (χ4v) is 2.00. The van der Waals surface area contributed by atoms with Crippen LogP contribution >= 0.6 is 11.8 Å². The van der Waals surface area contributed by atoms with Crippen LogP contribution in [0, 0.1) is 0 Å². The molecular formula is C9H14N4S. The highest BCUT2D eigenvalue weighted by Gasteiger charge is 2.41. The van der Waals surface area contributed by atoms with Crippen LogP contribution < -0.4 is 11.1 Å². The van der Waals surface area contributed by atoms with E-state index in [1.807, 2.05) is 11.8 Å². The van der Waals surface area contributed by atoms with Crippen LogP contribution in [-0.4, -0.2) is 27.5 Å². The molecule has 0 atom stereocenters. The van der Waals surface area contributed by atoms with Crippen molar-refractivity contribution in [3.63, 3.8) is 0 Å². The number of hydrogen-bond acceptors (Lipinski definition) is 5. The van der Waals surface area contributed by atoms with Crippen LogP contribution in [0.15, 0.2) is 12.4 Å². The van der Waals surface area contributed by atoms with Gasteiger partial charge in [0.05, 0.1) is 12.4 Å². The molecule has 1 fully saturated rings. The lowest BCUT2D eigenvalue weighted by Crippen LogP contribution is -2.18. The zero-order valence-corrected chi connectivity index (χ0v) is 8.97. The molecule has 1 aromatic heterocycles. The van der Waals surface area contributed by atoms with Crippen molar-refractivity contribution in [1.82, 2.24) is 9.97 Å². The summed E-state index contributed by atoms with van der Waals surface area (Å²) in [6.45, 7) is 0.965. The van der Waals surface area contributed by atoms with E-state index in [1.54, 1.807) is 12.4 Å². The maximum Gasteiger partial charge on any atom is 0.144 e. The van der Waals surface area contributed by atoms with Crippen LogP contribution in [0.25, 0.3) is 0 Å². The van der Waals surface area contributed by atoms with Gasteiger partial charge in [0, 0.05) is 11.3 Å². The Bertz CT molecular complexity index is 307. The Labute approximate surface area is 87.7 Å². The van der Waals surface area contributed by atoms with Crippen molar-refractivity contribution < 1.29 is 0 Å². The van der Waals surface area contributed by atoms with Crippen molar-refractivity contribution in [2.45, 2.75) is 17.6 Å². The summed E-state index contributed by atoms with van der Waals surface area (Å²) in [6.07, 6.45) is 7.99. The van der Waals surface area contributed by atoms with Gasteiger partial charge in [-0.15, -0.1) is 0 Å². The second-order valence-corrected chi connectivity index (χ2v) is 4.84. The summed E-state index contributed by atoms with van der Waals surface area (Å²) in [5.74, 6) is 1.26. The van der Waals surface area contributed by atoms with E-state index in [0.717, 1.165) is 12.4 Å². The van der Waals surface area contributed by atoms with Crippen LogP contribution in [0.4, 0.5) is 11.6 Å². The molecule has 1 heterocycles. The monoisotopic (exact) mass is 210 g/mol. The zero-order valence-electron chi connectivity index (χ0n) is 8.16. The largest absolute Gasteiger partial charge is 0.382 e. The number of rotatable bonds is 4. The van der Waals surface area contributed by atoms with E-state index in [0.29, 0.717) is 10.6 Å². The zero-order chi connectivity index (χ0) is 10.0. The summed E-state index contributed by atoms with van der Waals surface area (Å²) in [5, 5.41) is 3.28. The van der Waals surface area contributed by atoms with Crippen molar-refractivity contribution in [3.05, 3.63) is 12.4 Å². The van der Waals surface area contributed by atoms with Crippen molar-refractivity contribution >= 4 is 23.4 Å². The smallest absolute Gasteiger partial charge is 0.144 e. The number of aromatic nitrogens is 2. The van der Waals surface area contributed by atoms with E-state index in [4.69, 9.17) is 5.73 Å². The first-order chi connectivity index (χ1) is 6.74. The summed E-state index contributed by atoms with van der Waals surface area (Å²) < 4.78 is 0.447. The minimum atomic E-state index is 0.447. The summed E-state index contributed by atoms with van der Waals surface area (Å²) in [5.41, 5.74) is 5.44. The maximum atomic E-state index is 5.44. The Hall–Kier alpha value is -0.970. The van der Waals surface area contributed by atoms with Crippen molar-refractivity contribution in [3.8, 4) is 0 Å². The second-order valence-electron chi connectivity index (χ2n) is 3.57. The highest BCUT2D eigenvalue weighted by molar-refractivity contribution is 8.00. The summed E-state index contributed by atoms with van der Waals surface area (Å²) in [4.78, 5) is 8.11. The van der Waals surface area contributed by atoms with Gasteiger partial charge in [-0.2, -0.15) is 11.8 Å². The SMILES string of the molecule is CSC1(CNc2cnc(N)cn2)CC1. The predicted molar refractivity (Wildman–Crippen MR) is 60.4 cm³/mol. The first kappa shape index (κ1) is 9.58. The molecule has 2 rings (SSSR count). The molecule has 0 spiro atoms. The van der Waals surface area contributed by atoms with Gasteiger partial charge in [0.2, 0.25) is 0 Å².